The van der Waals surface area contributed by atoms with E-state index in [1.165, 1.54) is 16.8 Å². The molecule has 3 aliphatic heterocycles. The lowest BCUT2D eigenvalue weighted by atomic mass is 9.64. The number of H-pyrrole nitrogens is 1. The molecule has 9 nitrogen and oxygen atoms in total. The van der Waals surface area contributed by atoms with Gasteiger partial charge in [0.05, 0.1) is 26.4 Å². The van der Waals surface area contributed by atoms with Gasteiger partial charge in [0.1, 0.15) is 5.60 Å². The molecule has 2 atom stereocenters. The van der Waals surface area contributed by atoms with Crippen molar-refractivity contribution >= 4 is 5.91 Å². The van der Waals surface area contributed by atoms with E-state index in [4.69, 9.17) is 14.2 Å². The number of nitrogens with one attached hydrogen (secondary N) is 1. The van der Waals surface area contributed by atoms with Crippen LogP contribution in [0.1, 0.15) is 51.2 Å². The van der Waals surface area contributed by atoms with E-state index in [0.29, 0.717) is 19.7 Å². The van der Waals surface area contributed by atoms with Crippen molar-refractivity contribution in [3.63, 3.8) is 0 Å². The molecule has 0 radical (unpaired) electrons. The number of fused-ring (bicyclic) bond motifs is 3. The summed E-state index contributed by atoms with van der Waals surface area (Å²) in [6, 6.07) is 8.37. The van der Waals surface area contributed by atoms with Crippen molar-refractivity contribution in [2.75, 3.05) is 26.8 Å². The molecule has 2 saturated heterocycles. The van der Waals surface area contributed by atoms with Gasteiger partial charge in [-0.05, 0) is 44.6 Å². The van der Waals surface area contributed by atoms with E-state index in [1.807, 2.05) is 17.0 Å². The quantitative estimate of drug-likeness (QED) is 0.717. The minimum atomic E-state index is -0.410. The molecule has 0 aliphatic carbocycles. The lowest BCUT2D eigenvalue weighted by Gasteiger charge is -2.54. The Morgan fingerprint density at radius 2 is 1.94 bits per heavy atom. The Bertz CT molecular complexity index is 1220. The second kappa shape index (κ2) is 8.86. The molecule has 1 aromatic heterocycles. The molecule has 3 aliphatic rings. The summed E-state index contributed by atoms with van der Waals surface area (Å²) in [5.74, 6) is 1.69. The zero-order valence-corrected chi connectivity index (χ0v) is 20.5. The maximum absolute atomic E-state index is 12.8. The van der Waals surface area contributed by atoms with Gasteiger partial charge < -0.3 is 19.1 Å². The number of carbonyl (C=O) groups is 1. The third-order valence-electron chi connectivity index (χ3n) is 8.00. The van der Waals surface area contributed by atoms with Crippen LogP contribution in [0.3, 0.4) is 0 Å². The minimum absolute atomic E-state index is 0.00610. The predicted octanol–water partition coefficient (Wildman–Crippen LogP) is 2.49. The number of carbonyl (C=O) groups excluding carboxylic acids is 1. The van der Waals surface area contributed by atoms with Gasteiger partial charge in [-0.25, -0.2) is 4.68 Å². The maximum atomic E-state index is 12.8. The lowest BCUT2D eigenvalue weighted by Crippen LogP contribution is -2.54. The van der Waals surface area contributed by atoms with Crippen LogP contribution in [0.15, 0.2) is 39.9 Å². The van der Waals surface area contributed by atoms with Gasteiger partial charge in [-0.1, -0.05) is 12.1 Å². The zero-order valence-electron chi connectivity index (χ0n) is 20.5. The van der Waals surface area contributed by atoms with Gasteiger partial charge >= 0.3 is 0 Å². The molecule has 0 unspecified atom stereocenters. The number of hydrogen-bond donors (Lipinski definition) is 1. The summed E-state index contributed by atoms with van der Waals surface area (Å²) in [6.45, 7) is 6.38. The van der Waals surface area contributed by atoms with Crippen molar-refractivity contribution in [3.05, 3.63) is 56.6 Å². The topological polar surface area (TPSA) is 103 Å². The number of rotatable bonds is 4. The number of methoxy groups -OCH3 is 1. The van der Waals surface area contributed by atoms with Crippen molar-refractivity contribution < 1.29 is 19.0 Å². The summed E-state index contributed by atoms with van der Waals surface area (Å²) in [6.07, 6.45) is 2.84. The molecule has 9 heteroatoms. The highest BCUT2D eigenvalue weighted by Crippen LogP contribution is 2.57. The number of amides is 1. The fourth-order valence-electron chi connectivity index (χ4n) is 5.87. The van der Waals surface area contributed by atoms with Crippen molar-refractivity contribution in [3.8, 4) is 11.5 Å². The Hall–Kier alpha value is -3.07. The first kappa shape index (κ1) is 23.7. The zero-order chi connectivity index (χ0) is 24.8. The molecule has 1 N–H and O–H groups in total. The van der Waals surface area contributed by atoms with E-state index in [2.05, 4.69) is 25.0 Å². The molecule has 2 fully saturated rings. The fourth-order valence-corrected chi connectivity index (χ4v) is 5.87. The van der Waals surface area contributed by atoms with Crippen LogP contribution in [0.25, 0.3) is 0 Å². The van der Waals surface area contributed by atoms with Crippen molar-refractivity contribution in [1.29, 1.82) is 0 Å². The van der Waals surface area contributed by atoms with Crippen LogP contribution in [-0.2, 0) is 16.1 Å². The van der Waals surface area contributed by atoms with Crippen LogP contribution >= 0.6 is 0 Å². The maximum Gasteiger partial charge on any atom is 0.265 e. The number of aromatic nitrogens is 2. The van der Waals surface area contributed by atoms with E-state index in [-0.39, 0.29) is 47.4 Å². The first-order chi connectivity index (χ1) is 16.7. The molecule has 1 spiro atoms. The normalized spacial score (nSPS) is 24.3. The Labute approximate surface area is 204 Å². The van der Waals surface area contributed by atoms with E-state index >= 15 is 0 Å². The van der Waals surface area contributed by atoms with Gasteiger partial charge in [-0.15, -0.1) is 0 Å². The molecule has 2 aromatic rings. The SMILES string of the molecule is COc1cccc2c1OC(C)(C)[C@H]1CC3(CCN(C(=O)CCn4[nH]c(=O)ccc4=O)CC3)CO[C@H]21. The van der Waals surface area contributed by atoms with E-state index < -0.39 is 5.60 Å². The molecule has 4 heterocycles. The second-order valence-corrected chi connectivity index (χ2v) is 10.6. The van der Waals surface area contributed by atoms with Crippen LogP contribution in [0.5, 0.6) is 11.5 Å². The molecule has 1 amide bonds. The first-order valence-corrected chi connectivity index (χ1v) is 12.3. The number of benzene rings is 1. The van der Waals surface area contributed by atoms with Gasteiger partial charge in [0, 0.05) is 43.1 Å². The van der Waals surface area contributed by atoms with Crippen LogP contribution in [-0.4, -0.2) is 53.0 Å². The average Bonchev–Trinajstić information content (AvgIpc) is 2.84. The minimum Gasteiger partial charge on any atom is -0.493 e. The molecule has 5 rings (SSSR count). The third-order valence-corrected chi connectivity index (χ3v) is 8.00. The summed E-state index contributed by atoms with van der Waals surface area (Å²) in [5.41, 5.74) is -0.0303. The summed E-state index contributed by atoms with van der Waals surface area (Å²) >= 11 is 0. The number of aryl methyl sites for hydroxylation is 1. The highest BCUT2D eigenvalue weighted by Gasteiger charge is 2.53. The van der Waals surface area contributed by atoms with Crippen LogP contribution in [0.4, 0.5) is 0 Å². The number of para-hydroxylation sites is 1. The van der Waals surface area contributed by atoms with Gasteiger partial charge in [-0.3, -0.25) is 19.5 Å². The molecule has 188 valence electrons. The molecule has 1 aromatic carbocycles. The molecule has 0 saturated carbocycles. The number of hydrogen-bond acceptors (Lipinski definition) is 6. The smallest absolute Gasteiger partial charge is 0.265 e. The van der Waals surface area contributed by atoms with Crippen molar-refractivity contribution in [2.45, 2.75) is 57.8 Å². The van der Waals surface area contributed by atoms with Crippen LogP contribution < -0.4 is 20.6 Å². The average molecular weight is 484 g/mol. The lowest BCUT2D eigenvalue weighted by molar-refractivity contribution is -0.176. The summed E-state index contributed by atoms with van der Waals surface area (Å²) < 4.78 is 19.8. The van der Waals surface area contributed by atoms with Crippen LogP contribution in [0, 0.1) is 11.3 Å². The molecule has 35 heavy (non-hydrogen) atoms. The molecular weight excluding hydrogens is 450 g/mol. The number of likely N-dealkylation sites (tertiary alicyclic amines) is 1. The Kier molecular flexibility index (Phi) is 5.99. The number of nitrogens with zero attached hydrogens (tertiary/aromatic N) is 2. The van der Waals surface area contributed by atoms with Crippen molar-refractivity contribution in [2.24, 2.45) is 11.3 Å². The first-order valence-electron chi connectivity index (χ1n) is 12.3. The van der Waals surface area contributed by atoms with E-state index in [1.54, 1.807) is 7.11 Å². The fraction of sp³-hybridized carbons (Fsp3) is 0.577. The van der Waals surface area contributed by atoms with Gasteiger partial charge in [-0.2, -0.15) is 0 Å². The monoisotopic (exact) mass is 483 g/mol. The predicted molar refractivity (Wildman–Crippen MR) is 129 cm³/mol. The number of piperidine rings is 1. The summed E-state index contributed by atoms with van der Waals surface area (Å²) in [4.78, 5) is 38.0. The third kappa shape index (κ3) is 4.37. The number of ether oxygens (including phenoxy) is 3. The molecular formula is C26H33N3O6. The molecule has 0 bridgehead atoms. The largest absolute Gasteiger partial charge is 0.493 e. The number of aromatic amines is 1. The second-order valence-electron chi connectivity index (χ2n) is 10.6. The van der Waals surface area contributed by atoms with Crippen LogP contribution in [0.2, 0.25) is 0 Å². The van der Waals surface area contributed by atoms with Gasteiger partial charge in [0.25, 0.3) is 11.1 Å². The highest BCUT2D eigenvalue weighted by molar-refractivity contribution is 5.76. The highest BCUT2D eigenvalue weighted by atomic mass is 16.5. The Morgan fingerprint density at radius 3 is 2.69 bits per heavy atom. The Balaban J connectivity index is 1.24. The summed E-state index contributed by atoms with van der Waals surface area (Å²) in [5, 5.41) is 2.47. The Morgan fingerprint density at radius 1 is 1.17 bits per heavy atom. The van der Waals surface area contributed by atoms with Gasteiger partial charge in [0.15, 0.2) is 11.5 Å². The van der Waals surface area contributed by atoms with Gasteiger partial charge in [0.2, 0.25) is 5.91 Å². The van der Waals surface area contributed by atoms with E-state index in [0.717, 1.165) is 36.3 Å². The van der Waals surface area contributed by atoms with E-state index in [9.17, 15) is 14.4 Å². The summed E-state index contributed by atoms with van der Waals surface area (Å²) in [7, 11) is 1.65. The standard InChI is InChI=1S/C26H33N3O6/c1-25(2)18-15-26(16-34-23(18)17-5-4-6-19(33-3)24(17)35-25)10-13-28(14-11-26)21(31)9-12-29-22(32)8-7-20(30)27-29/h4-8,18,23H,9-16H2,1-3H3,(H,27,30)/t18-,23+/m0/s1. The van der Waals surface area contributed by atoms with Crippen molar-refractivity contribution in [1.82, 2.24) is 14.7 Å².